The van der Waals surface area contributed by atoms with Gasteiger partial charge in [0.05, 0.1) is 16.6 Å². The summed E-state index contributed by atoms with van der Waals surface area (Å²) in [6.07, 6.45) is 1.79. The molecule has 8 rings (SSSR count). The minimum atomic E-state index is -0.177. The summed E-state index contributed by atoms with van der Waals surface area (Å²) >= 11 is 4.97. The van der Waals surface area contributed by atoms with E-state index in [1.54, 1.807) is 40.5 Å². The van der Waals surface area contributed by atoms with E-state index in [0.29, 0.717) is 11.1 Å². The zero-order valence-corrected chi connectivity index (χ0v) is 19.9. The molecule has 6 aromatic rings. The van der Waals surface area contributed by atoms with Gasteiger partial charge < -0.3 is 0 Å². The Hall–Kier alpha value is -3.45. The first-order chi connectivity index (χ1) is 16.7. The maximum absolute atomic E-state index is 13.2. The van der Waals surface area contributed by atoms with Gasteiger partial charge in [0.2, 0.25) is 0 Å². The molecule has 0 saturated heterocycles. The van der Waals surface area contributed by atoms with Crippen molar-refractivity contribution in [2.24, 2.45) is 0 Å². The third-order valence-electron chi connectivity index (χ3n) is 6.64. The van der Waals surface area contributed by atoms with E-state index in [4.69, 9.17) is 0 Å². The average molecular weight is 492 g/mol. The van der Waals surface area contributed by atoms with Crippen molar-refractivity contribution in [2.75, 3.05) is 0 Å². The molecule has 1 aliphatic heterocycles. The molecule has 0 bridgehead atoms. The van der Waals surface area contributed by atoms with E-state index in [-0.39, 0.29) is 17.1 Å². The van der Waals surface area contributed by atoms with Crippen LogP contribution in [0.1, 0.15) is 25.6 Å². The van der Waals surface area contributed by atoms with Crippen LogP contribution in [0.15, 0.2) is 87.5 Å². The number of hydrogen-bond donors (Lipinski definition) is 0. The minimum absolute atomic E-state index is 0.175. The smallest absolute Gasteiger partial charge is 0.197 e. The largest absolute Gasteiger partial charge is 0.299 e. The molecule has 0 atom stereocenters. The standard InChI is InChI=1S/C28H13NO2S3/c30-26-18-10-14-8-9-32-23(14)13-19(18)27(31)20(26)11-15-12-24-28(33-15)29-21-6-2-1-4-16(21)17-5-3-7-22(34-24)25(17)29/h1-13H/b20-11-. The second-order valence-electron chi connectivity index (χ2n) is 8.50. The second-order valence-corrected chi connectivity index (χ2v) is 11.6. The number of carbonyl (C=O) groups excluding carboxylic acids is 2. The van der Waals surface area contributed by atoms with Crippen molar-refractivity contribution in [3.05, 3.63) is 93.7 Å². The Balaban J connectivity index is 1.31. The molecule has 4 heterocycles. The van der Waals surface area contributed by atoms with Crippen molar-refractivity contribution < 1.29 is 9.59 Å². The first kappa shape index (κ1) is 18.9. The van der Waals surface area contributed by atoms with Crippen LogP contribution in [-0.4, -0.2) is 16.1 Å². The molecule has 0 saturated carbocycles. The van der Waals surface area contributed by atoms with E-state index in [2.05, 4.69) is 53.1 Å². The lowest BCUT2D eigenvalue weighted by Gasteiger charge is -2.15. The molecule has 6 heteroatoms. The Bertz CT molecular complexity index is 1880. The van der Waals surface area contributed by atoms with Gasteiger partial charge in [0.15, 0.2) is 11.6 Å². The zero-order chi connectivity index (χ0) is 22.6. The van der Waals surface area contributed by atoms with Gasteiger partial charge in [-0.1, -0.05) is 42.1 Å². The van der Waals surface area contributed by atoms with Crippen LogP contribution in [0, 0.1) is 0 Å². The van der Waals surface area contributed by atoms with Crippen molar-refractivity contribution in [1.29, 1.82) is 0 Å². The number of para-hydroxylation sites is 2. The lowest BCUT2D eigenvalue weighted by atomic mass is 10.1. The third-order valence-corrected chi connectivity index (χ3v) is 9.79. The quantitative estimate of drug-likeness (QED) is 0.173. The Labute approximate surface area is 205 Å². The Kier molecular flexibility index (Phi) is 3.66. The van der Waals surface area contributed by atoms with E-state index >= 15 is 0 Å². The van der Waals surface area contributed by atoms with E-state index in [1.807, 2.05) is 23.6 Å². The molecule has 2 aliphatic rings. The van der Waals surface area contributed by atoms with E-state index in [0.717, 1.165) is 24.9 Å². The Morgan fingerprint density at radius 2 is 1.62 bits per heavy atom. The number of ketones is 2. The predicted octanol–water partition coefficient (Wildman–Crippen LogP) is 7.99. The lowest BCUT2D eigenvalue weighted by Crippen LogP contribution is -1.99. The first-order valence-electron chi connectivity index (χ1n) is 10.8. The summed E-state index contributed by atoms with van der Waals surface area (Å²) in [7, 11) is 0. The van der Waals surface area contributed by atoms with Crippen LogP contribution in [0.2, 0.25) is 0 Å². The molecule has 0 radical (unpaired) electrons. The molecular formula is C28H13NO2S3. The summed E-state index contributed by atoms with van der Waals surface area (Å²) in [6.45, 7) is 0. The van der Waals surface area contributed by atoms with Crippen LogP contribution in [0.4, 0.5) is 0 Å². The van der Waals surface area contributed by atoms with Gasteiger partial charge in [0.25, 0.3) is 0 Å². The number of carbonyl (C=O) groups is 2. The summed E-state index contributed by atoms with van der Waals surface area (Å²) in [5.41, 5.74) is 3.70. The lowest BCUT2D eigenvalue weighted by molar-refractivity contribution is 0.0990. The molecular weight excluding hydrogens is 479 g/mol. The van der Waals surface area contributed by atoms with Crippen molar-refractivity contribution in [3.8, 4) is 5.00 Å². The van der Waals surface area contributed by atoms with Gasteiger partial charge in [-0.2, -0.15) is 0 Å². The molecule has 0 unspecified atom stereocenters. The van der Waals surface area contributed by atoms with Crippen molar-refractivity contribution in [1.82, 2.24) is 4.57 Å². The van der Waals surface area contributed by atoms with Crippen molar-refractivity contribution >= 4 is 84.0 Å². The number of allylic oxidation sites excluding steroid dienone is 1. The fourth-order valence-corrected chi connectivity index (χ4v) is 8.33. The van der Waals surface area contributed by atoms with Gasteiger partial charge >= 0.3 is 0 Å². The van der Waals surface area contributed by atoms with Crippen molar-refractivity contribution in [2.45, 2.75) is 9.79 Å². The summed E-state index contributed by atoms with van der Waals surface area (Å²) < 4.78 is 3.37. The van der Waals surface area contributed by atoms with Gasteiger partial charge in [0.1, 0.15) is 5.00 Å². The maximum atomic E-state index is 13.2. The highest BCUT2D eigenvalue weighted by Crippen LogP contribution is 2.50. The zero-order valence-electron chi connectivity index (χ0n) is 17.5. The number of benzene rings is 3. The van der Waals surface area contributed by atoms with Gasteiger partial charge in [-0.3, -0.25) is 14.2 Å². The van der Waals surface area contributed by atoms with Crippen LogP contribution in [0.5, 0.6) is 0 Å². The molecule has 160 valence electrons. The number of aromatic nitrogens is 1. The highest BCUT2D eigenvalue weighted by atomic mass is 32.2. The normalized spacial score (nSPS) is 15.7. The second kappa shape index (κ2) is 6.57. The molecule has 0 amide bonds. The monoisotopic (exact) mass is 491 g/mol. The molecule has 3 nitrogen and oxygen atoms in total. The molecule has 0 spiro atoms. The summed E-state index contributed by atoms with van der Waals surface area (Å²) in [4.78, 5) is 29.7. The number of hydrogen-bond acceptors (Lipinski definition) is 5. The molecule has 3 aromatic carbocycles. The van der Waals surface area contributed by atoms with Crippen LogP contribution < -0.4 is 0 Å². The highest BCUT2D eigenvalue weighted by molar-refractivity contribution is 8.00. The van der Waals surface area contributed by atoms with Crippen molar-refractivity contribution in [3.63, 3.8) is 0 Å². The summed E-state index contributed by atoms with van der Waals surface area (Å²) in [6, 6.07) is 22.7. The van der Waals surface area contributed by atoms with Gasteiger partial charge in [0, 0.05) is 41.3 Å². The molecule has 1 aliphatic carbocycles. The van der Waals surface area contributed by atoms with Gasteiger partial charge in [-0.15, -0.1) is 22.7 Å². The number of nitrogens with zero attached hydrogens (tertiary/aromatic N) is 1. The number of Topliss-reactive ketones (excluding diaryl/α,β-unsaturated/α-hetero) is 2. The summed E-state index contributed by atoms with van der Waals surface area (Å²) in [5.74, 6) is -0.351. The Morgan fingerprint density at radius 3 is 2.53 bits per heavy atom. The fourth-order valence-electron chi connectivity index (χ4n) is 5.13. The van der Waals surface area contributed by atoms with Crippen LogP contribution in [-0.2, 0) is 0 Å². The average Bonchev–Trinajstić information content (AvgIpc) is 3.60. The van der Waals surface area contributed by atoms with Gasteiger partial charge in [-0.05, 0) is 53.2 Å². The third kappa shape index (κ3) is 2.37. The fraction of sp³-hybridized carbons (Fsp3) is 0. The van der Waals surface area contributed by atoms with Crippen LogP contribution in [0.25, 0.3) is 43.0 Å². The van der Waals surface area contributed by atoms with E-state index in [9.17, 15) is 9.59 Å². The number of fused-ring (bicyclic) bond motifs is 7. The van der Waals surface area contributed by atoms with Crippen LogP contribution in [0.3, 0.4) is 0 Å². The van der Waals surface area contributed by atoms with Gasteiger partial charge in [-0.25, -0.2) is 0 Å². The topological polar surface area (TPSA) is 39.1 Å². The predicted molar refractivity (Wildman–Crippen MR) is 141 cm³/mol. The van der Waals surface area contributed by atoms with E-state index < -0.39 is 0 Å². The summed E-state index contributed by atoms with van der Waals surface area (Å²) in [5, 5.41) is 6.61. The maximum Gasteiger partial charge on any atom is 0.197 e. The SMILES string of the molecule is O=C1/C(=C/c2cc3c(s2)-n2c4ccccc4c4cccc(c42)S3)C(=O)c2cc3sccc3cc21. The van der Waals surface area contributed by atoms with Crippen LogP contribution >= 0.6 is 34.4 Å². The Morgan fingerprint density at radius 1 is 0.794 bits per heavy atom. The molecule has 34 heavy (non-hydrogen) atoms. The number of rotatable bonds is 1. The number of thiophene rings is 2. The highest BCUT2D eigenvalue weighted by Gasteiger charge is 2.34. The first-order valence-corrected chi connectivity index (χ1v) is 13.4. The minimum Gasteiger partial charge on any atom is -0.299 e. The molecule has 0 N–H and O–H groups in total. The van der Waals surface area contributed by atoms with E-state index in [1.165, 1.54) is 26.7 Å². The molecule has 3 aromatic heterocycles. The molecule has 0 fully saturated rings.